The van der Waals surface area contributed by atoms with E-state index < -0.39 is 5.97 Å². The SMILES string of the molecule is COc1ccc(C(C)=O)cc1COC(=O)c1ccc(-n2cccc2)cc1. The van der Waals surface area contributed by atoms with Crippen molar-refractivity contribution in [2.45, 2.75) is 13.5 Å². The monoisotopic (exact) mass is 349 g/mol. The molecular weight excluding hydrogens is 330 g/mol. The molecule has 2 aromatic carbocycles. The molecule has 0 spiro atoms. The minimum atomic E-state index is -0.431. The van der Waals surface area contributed by atoms with E-state index in [2.05, 4.69) is 0 Å². The minimum absolute atomic E-state index is 0.0302. The van der Waals surface area contributed by atoms with E-state index in [0.29, 0.717) is 22.4 Å². The molecule has 0 amide bonds. The predicted octanol–water partition coefficient (Wildman–Crippen LogP) is 4.05. The number of Topliss-reactive ketones (excluding diaryl/α,β-unsaturated/α-hetero) is 1. The van der Waals surface area contributed by atoms with E-state index in [-0.39, 0.29) is 12.4 Å². The molecule has 0 aliphatic heterocycles. The van der Waals surface area contributed by atoms with E-state index in [0.717, 1.165) is 5.69 Å². The van der Waals surface area contributed by atoms with Gasteiger partial charge in [-0.3, -0.25) is 4.79 Å². The van der Waals surface area contributed by atoms with Gasteiger partial charge in [-0.2, -0.15) is 0 Å². The molecule has 1 heterocycles. The summed E-state index contributed by atoms with van der Waals surface area (Å²) in [7, 11) is 1.54. The smallest absolute Gasteiger partial charge is 0.338 e. The van der Waals surface area contributed by atoms with Crippen LogP contribution in [0.5, 0.6) is 5.75 Å². The fourth-order valence-electron chi connectivity index (χ4n) is 2.61. The van der Waals surface area contributed by atoms with Crippen LogP contribution in [0.25, 0.3) is 5.69 Å². The van der Waals surface area contributed by atoms with Gasteiger partial charge in [-0.05, 0) is 61.5 Å². The van der Waals surface area contributed by atoms with Crippen LogP contribution < -0.4 is 4.74 Å². The van der Waals surface area contributed by atoms with Crippen LogP contribution in [0, 0.1) is 0 Å². The molecule has 26 heavy (non-hydrogen) atoms. The van der Waals surface area contributed by atoms with Gasteiger partial charge in [0.05, 0.1) is 12.7 Å². The summed E-state index contributed by atoms with van der Waals surface area (Å²) < 4.78 is 12.6. The number of carbonyl (C=O) groups is 2. The quantitative estimate of drug-likeness (QED) is 0.498. The normalized spacial score (nSPS) is 10.4. The van der Waals surface area contributed by atoms with Gasteiger partial charge in [-0.15, -0.1) is 0 Å². The average molecular weight is 349 g/mol. The second-order valence-corrected chi connectivity index (χ2v) is 5.80. The third-order valence-electron chi connectivity index (χ3n) is 4.05. The van der Waals surface area contributed by atoms with E-state index in [1.165, 1.54) is 14.0 Å². The maximum atomic E-state index is 12.3. The Bertz CT molecular complexity index is 912. The Balaban J connectivity index is 1.71. The number of hydrogen-bond donors (Lipinski definition) is 0. The Morgan fingerprint density at radius 2 is 1.62 bits per heavy atom. The first kappa shape index (κ1) is 17.5. The van der Waals surface area contributed by atoms with Gasteiger partial charge in [-0.1, -0.05) is 0 Å². The highest BCUT2D eigenvalue weighted by atomic mass is 16.5. The minimum Gasteiger partial charge on any atom is -0.496 e. The standard InChI is InChI=1S/C21H19NO4/c1-15(23)17-7-10-20(25-2)18(13-17)14-26-21(24)16-5-8-19(9-6-16)22-11-3-4-12-22/h3-13H,14H2,1-2H3. The Kier molecular flexibility index (Phi) is 5.17. The number of aromatic nitrogens is 1. The lowest BCUT2D eigenvalue weighted by Crippen LogP contribution is -2.07. The summed E-state index contributed by atoms with van der Waals surface area (Å²) in [5.74, 6) is 0.0888. The van der Waals surface area contributed by atoms with Crippen molar-refractivity contribution < 1.29 is 19.1 Å². The number of ketones is 1. The third-order valence-corrected chi connectivity index (χ3v) is 4.05. The molecular formula is C21H19NO4. The first-order valence-corrected chi connectivity index (χ1v) is 8.17. The predicted molar refractivity (Wildman–Crippen MR) is 97.9 cm³/mol. The number of carbonyl (C=O) groups excluding carboxylic acids is 2. The lowest BCUT2D eigenvalue weighted by Gasteiger charge is -2.11. The molecule has 5 heteroatoms. The lowest BCUT2D eigenvalue weighted by atomic mass is 10.1. The molecule has 1 aromatic heterocycles. The summed E-state index contributed by atoms with van der Waals surface area (Å²) in [4.78, 5) is 23.8. The van der Waals surface area contributed by atoms with Crippen molar-refractivity contribution in [2.75, 3.05) is 7.11 Å². The maximum Gasteiger partial charge on any atom is 0.338 e. The van der Waals surface area contributed by atoms with Crippen LogP contribution in [0.15, 0.2) is 67.0 Å². The summed E-state index contributed by atoms with van der Waals surface area (Å²) in [6.07, 6.45) is 3.86. The fourth-order valence-corrected chi connectivity index (χ4v) is 2.61. The maximum absolute atomic E-state index is 12.3. The summed E-state index contributed by atoms with van der Waals surface area (Å²) in [5.41, 5.74) is 2.62. The number of methoxy groups -OCH3 is 1. The van der Waals surface area contributed by atoms with E-state index >= 15 is 0 Å². The fraction of sp³-hybridized carbons (Fsp3) is 0.143. The van der Waals surface area contributed by atoms with Crippen molar-refractivity contribution >= 4 is 11.8 Å². The Labute approximate surface area is 151 Å². The lowest BCUT2D eigenvalue weighted by molar-refractivity contribution is 0.0470. The van der Waals surface area contributed by atoms with Crippen molar-refractivity contribution in [1.82, 2.24) is 4.57 Å². The molecule has 0 radical (unpaired) electrons. The molecule has 3 aromatic rings. The van der Waals surface area contributed by atoms with Crippen LogP contribution in [0.1, 0.15) is 33.2 Å². The van der Waals surface area contributed by atoms with Crippen LogP contribution in [0.4, 0.5) is 0 Å². The number of ether oxygens (including phenoxy) is 2. The molecule has 0 N–H and O–H groups in total. The topological polar surface area (TPSA) is 57.5 Å². The highest BCUT2D eigenvalue weighted by Gasteiger charge is 2.12. The van der Waals surface area contributed by atoms with E-state index in [9.17, 15) is 9.59 Å². The summed E-state index contributed by atoms with van der Waals surface area (Å²) in [5, 5.41) is 0. The number of hydrogen-bond acceptors (Lipinski definition) is 4. The Morgan fingerprint density at radius 3 is 2.23 bits per heavy atom. The molecule has 0 atom stereocenters. The van der Waals surface area contributed by atoms with Gasteiger partial charge in [0.15, 0.2) is 5.78 Å². The van der Waals surface area contributed by atoms with Crippen LogP contribution >= 0.6 is 0 Å². The number of benzene rings is 2. The zero-order valence-electron chi connectivity index (χ0n) is 14.6. The molecule has 5 nitrogen and oxygen atoms in total. The van der Waals surface area contributed by atoms with Gasteiger partial charge in [0, 0.05) is 29.2 Å². The van der Waals surface area contributed by atoms with Crippen LogP contribution in [-0.4, -0.2) is 23.4 Å². The number of esters is 1. The highest BCUT2D eigenvalue weighted by molar-refractivity contribution is 5.94. The molecule has 0 fully saturated rings. The van der Waals surface area contributed by atoms with Crippen molar-refractivity contribution in [1.29, 1.82) is 0 Å². The third kappa shape index (κ3) is 3.83. The zero-order valence-corrected chi connectivity index (χ0v) is 14.6. The average Bonchev–Trinajstić information content (AvgIpc) is 3.20. The second-order valence-electron chi connectivity index (χ2n) is 5.80. The van der Waals surface area contributed by atoms with Gasteiger partial charge < -0.3 is 14.0 Å². The summed E-state index contributed by atoms with van der Waals surface area (Å²) >= 11 is 0. The van der Waals surface area contributed by atoms with Crippen LogP contribution in [0.2, 0.25) is 0 Å². The molecule has 132 valence electrons. The van der Waals surface area contributed by atoms with Crippen molar-refractivity contribution in [3.8, 4) is 11.4 Å². The molecule has 3 rings (SSSR count). The van der Waals surface area contributed by atoms with Gasteiger partial charge in [0.25, 0.3) is 0 Å². The van der Waals surface area contributed by atoms with Crippen molar-refractivity contribution in [2.24, 2.45) is 0 Å². The van der Waals surface area contributed by atoms with Crippen molar-refractivity contribution in [3.05, 3.63) is 83.7 Å². The number of nitrogens with zero attached hydrogens (tertiary/aromatic N) is 1. The van der Waals surface area contributed by atoms with Crippen LogP contribution in [0.3, 0.4) is 0 Å². The summed E-state index contributed by atoms with van der Waals surface area (Å²) in [6.45, 7) is 1.52. The van der Waals surface area contributed by atoms with E-state index in [1.807, 2.05) is 41.2 Å². The zero-order chi connectivity index (χ0) is 18.5. The molecule has 0 unspecified atom stereocenters. The first-order valence-electron chi connectivity index (χ1n) is 8.17. The van der Waals surface area contributed by atoms with Gasteiger partial charge in [-0.25, -0.2) is 4.79 Å². The Hall–Kier alpha value is -3.34. The first-order chi connectivity index (χ1) is 12.6. The van der Waals surface area contributed by atoms with Gasteiger partial charge >= 0.3 is 5.97 Å². The largest absolute Gasteiger partial charge is 0.496 e. The molecule has 0 aliphatic rings. The molecule has 0 saturated carbocycles. The van der Waals surface area contributed by atoms with Gasteiger partial charge in [0.2, 0.25) is 0 Å². The highest BCUT2D eigenvalue weighted by Crippen LogP contribution is 2.22. The van der Waals surface area contributed by atoms with Crippen LogP contribution in [-0.2, 0) is 11.3 Å². The summed E-state index contributed by atoms with van der Waals surface area (Å²) in [6, 6.07) is 16.1. The molecule has 0 aliphatic carbocycles. The molecule has 0 bridgehead atoms. The van der Waals surface area contributed by atoms with Gasteiger partial charge in [0.1, 0.15) is 12.4 Å². The second kappa shape index (κ2) is 7.70. The Morgan fingerprint density at radius 1 is 0.962 bits per heavy atom. The molecule has 0 saturated heterocycles. The number of rotatable bonds is 6. The van der Waals surface area contributed by atoms with Crippen molar-refractivity contribution in [3.63, 3.8) is 0 Å². The van der Waals surface area contributed by atoms with E-state index in [1.54, 1.807) is 30.3 Å². The van der Waals surface area contributed by atoms with E-state index in [4.69, 9.17) is 9.47 Å².